The van der Waals surface area contributed by atoms with Crippen LogP contribution in [0.1, 0.15) is 52.0 Å². The van der Waals surface area contributed by atoms with Crippen molar-refractivity contribution in [1.82, 2.24) is 4.90 Å². The first-order valence-electron chi connectivity index (χ1n) is 9.68. The molecule has 29 heavy (non-hydrogen) atoms. The zero-order valence-electron chi connectivity index (χ0n) is 17.3. The minimum atomic E-state index is -0.635. The van der Waals surface area contributed by atoms with Crippen LogP contribution in [0.15, 0.2) is 12.1 Å². The molecule has 1 atom stereocenters. The molecule has 1 unspecified atom stereocenters. The molecule has 0 aliphatic carbocycles. The van der Waals surface area contributed by atoms with E-state index in [1.54, 1.807) is 4.90 Å². The Hall–Kier alpha value is -1.71. The van der Waals surface area contributed by atoms with Crippen molar-refractivity contribution in [1.29, 1.82) is 0 Å². The lowest BCUT2D eigenvalue weighted by Gasteiger charge is -2.37. The van der Waals surface area contributed by atoms with Gasteiger partial charge in [-0.25, -0.2) is 9.18 Å². The Bertz CT molecular complexity index is 747. The SMILES string of the molecule is CC(=O)CCC(C=O)c1c(F)cc(N2CCN(C(=O)OC(C)(C)C)CC2)cc1I. The predicted octanol–water partition coefficient (Wildman–Crippen LogP) is 4.14. The summed E-state index contributed by atoms with van der Waals surface area (Å²) in [5.41, 5.74) is 0.523. The summed E-state index contributed by atoms with van der Waals surface area (Å²) in [4.78, 5) is 38.6. The molecule has 2 rings (SSSR count). The number of piperazine rings is 1. The summed E-state index contributed by atoms with van der Waals surface area (Å²) >= 11 is 2.04. The average Bonchev–Trinajstić information content (AvgIpc) is 2.62. The Morgan fingerprint density at radius 1 is 1.24 bits per heavy atom. The Kier molecular flexibility index (Phi) is 8.02. The molecule has 160 valence electrons. The molecule has 1 saturated heterocycles. The molecule has 1 fully saturated rings. The van der Waals surface area contributed by atoms with Crippen molar-refractivity contribution in [2.75, 3.05) is 31.1 Å². The standard InChI is InChI=1S/C21H28FIN2O4/c1-14(27)5-6-15(13-26)19-17(22)11-16(12-18(19)23)24-7-9-25(10-8-24)20(28)29-21(2,3)4/h11-13,15H,5-10H2,1-4H3. The van der Waals surface area contributed by atoms with E-state index in [0.717, 1.165) is 5.69 Å². The molecular weight excluding hydrogens is 490 g/mol. The number of ether oxygens (including phenoxy) is 1. The van der Waals surface area contributed by atoms with Crippen LogP contribution in [0, 0.1) is 9.39 Å². The molecule has 0 saturated carbocycles. The minimum Gasteiger partial charge on any atom is -0.444 e. The Morgan fingerprint density at radius 2 is 1.86 bits per heavy atom. The Morgan fingerprint density at radius 3 is 2.34 bits per heavy atom. The summed E-state index contributed by atoms with van der Waals surface area (Å²) in [6.45, 7) is 9.06. The highest BCUT2D eigenvalue weighted by Crippen LogP contribution is 2.32. The maximum absolute atomic E-state index is 14.9. The quantitative estimate of drug-likeness (QED) is 0.419. The van der Waals surface area contributed by atoms with Gasteiger partial charge < -0.3 is 24.1 Å². The number of Topliss-reactive ketones (excluding diaryl/α,β-unsaturated/α-hetero) is 1. The fraction of sp³-hybridized carbons (Fsp3) is 0.571. The largest absolute Gasteiger partial charge is 0.444 e. The van der Waals surface area contributed by atoms with E-state index in [4.69, 9.17) is 4.74 Å². The number of carbonyl (C=O) groups excluding carboxylic acids is 3. The first-order chi connectivity index (χ1) is 13.5. The molecular formula is C21H28FIN2O4. The molecule has 6 nitrogen and oxygen atoms in total. The smallest absolute Gasteiger partial charge is 0.410 e. The van der Waals surface area contributed by atoms with Crippen molar-refractivity contribution >= 4 is 46.4 Å². The summed E-state index contributed by atoms with van der Waals surface area (Å²) in [5.74, 6) is -1.10. The van der Waals surface area contributed by atoms with Gasteiger partial charge in [0, 0.05) is 53.3 Å². The molecule has 0 radical (unpaired) electrons. The fourth-order valence-electron chi connectivity index (χ4n) is 3.22. The summed E-state index contributed by atoms with van der Waals surface area (Å²) in [6, 6.07) is 3.29. The van der Waals surface area contributed by atoms with Crippen LogP contribution in [-0.2, 0) is 14.3 Å². The molecule has 1 aromatic carbocycles. The van der Waals surface area contributed by atoms with Gasteiger partial charge in [0.1, 0.15) is 23.5 Å². The van der Waals surface area contributed by atoms with Crippen molar-refractivity contribution in [2.45, 2.75) is 52.1 Å². The van der Waals surface area contributed by atoms with E-state index in [0.29, 0.717) is 48.0 Å². The Balaban J connectivity index is 2.08. The van der Waals surface area contributed by atoms with Crippen LogP contribution in [0.4, 0.5) is 14.9 Å². The second kappa shape index (κ2) is 9.86. The molecule has 1 aliphatic rings. The van der Waals surface area contributed by atoms with Gasteiger partial charge in [-0.15, -0.1) is 0 Å². The summed E-state index contributed by atoms with van der Waals surface area (Å²) < 4.78 is 20.9. The molecule has 1 heterocycles. The third-order valence-electron chi connectivity index (χ3n) is 4.70. The van der Waals surface area contributed by atoms with Gasteiger partial charge in [-0.1, -0.05) is 0 Å². The van der Waals surface area contributed by atoms with E-state index in [9.17, 15) is 18.8 Å². The third-order valence-corrected chi connectivity index (χ3v) is 5.60. The topological polar surface area (TPSA) is 66.9 Å². The molecule has 1 aromatic rings. The van der Waals surface area contributed by atoms with Gasteiger partial charge in [-0.3, -0.25) is 0 Å². The van der Waals surface area contributed by atoms with Crippen molar-refractivity contribution in [3.05, 3.63) is 27.1 Å². The van der Waals surface area contributed by atoms with Gasteiger partial charge in [-0.05, 0) is 68.8 Å². The van der Waals surface area contributed by atoms with E-state index in [2.05, 4.69) is 0 Å². The van der Waals surface area contributed by atoms with E-state index < -0.39 is 17.3 Å². The van der Waals surface area contributed by atoms with Gasteiger partial charge in [-0.2, -0.15) is 0 Å². The number of aldehydes is 1. The molecule has 0 N–H and O–H groups in total. The molecule has 1 amide bonds. The molecule has 0 spiro atoms. The van der Waals surface area contributed by atoms with Crippen LogP contribution >= 0.6 is 22.6 Å². The lowest BCUT2D eigenvalue weighted by Crippen LogP contribution is -2.50. The first kappa shape index (κ1) is 23.6. The second-order valence-electron chi connectivity index (χ2n) is 8.26. The Labute approximate surface area is 184 Å². The van der Waals surface area contributed by atoms with Gasteiger partial charge in [0.05, 0.1) is 0 Å². The number of hydrogen-bond donors (Lipinski definition) is 0. The molecule has 1 aliphatic heterocycles. The number of ketones is 1. The summed E-state index contributed by atoms with van der Waals surface area (Å²) in [5, 5.41) is 0. The van der Waals surface area contributed by atoms with Crippen LogP contribution in [0.3, 0.4) is 0 Å². The van der Waals surface area contributed by atoms with E-state index in [-0.39, 0.29) is 18.3 Å². The molecule has 8 heteroatoms. The number of anilines is 1. The summed E-state index contributed by atoms with van der Waals surface area (Å²) in [7, 11) is 0. The third kappa shape index (κ3) is 6.65. The number of hydrogen-bond acceptors (Lipinski definition) is 5. The van der Waals surface area contributed by atoms with Gasteiger partial charge >= 0.3 is 6.09 Å². The van der Waals surface area contributed by atoms with Crippen molar-refractivity contribution < 1.29 is 23.5 Å². The van der Waals surface area contributed by atoms with Crippen LogP contribution in [0.25, 0.3) is 0 Å². The lowest BCUT2D eigenvalue weighted by atomic mass is 9.94. The highest BCUT2D eigenvalue weighted by atomic mass is 127. The second-order valence-corrected chi connectivity index (χ2v) is 9.42. The monoisotopic (exact) mass is 518 g/mol. The highest BCUT2D eigenvalue weighted by molar-refractivity contribution is 14.1. The zero-order valence-corrected chi connectivity index (χ0v) is 19.5. The van der Waals surface area contributed by atoms with E-state index in [1.807, 2.05) is 54.3 Å². The maximum atomic E-state index is 14.9. The predicted molar refractivity (Wildman–Crippen MR) is 118 cm³/mol. The van der Waals surface area contributed by atoms with Gasteiger partial charge in [0.15, 0.2) is 0 Å². The van der Waals surface area contributed by atoms with Crippen LogP contribution in [0.5, 0.6) is 0 Å². The van der Waals surface area contributed by atoms with Crippen molar-refractivity contribution in [3.63, 3.8) is 0 Å². The van der Waals surface area contributed by atoms with Crippen LogP contribution < -0.4 is 4.90 Å². The number of rotatable bonds is 6. The average molecular weight is 518 g/mol. The minimum absolute atomic E-state index is 0.0215. The number of halogens is 2. The van der Waals surface area contributed by atoms with Crippen molar-refractivity contribution in [2.24, 2.45) is 0 Å². The number of carbonyl (C=O) groups is 3. The van der Waals surface area contributed by atoms with E-state index >= 15 is 0 Å². The van der Waals surface area contributed by atoms with Gasteiger partial charge in [0.25, 0.3) is 0 Å². The maximum Gasteiger partial charge on any atom is 0.410 e. The normalized spacial score (nSPS) is 15.8. The van der Waals surface area contributed by atoms with Crippen LogP contribution in [-0.4, -0.2) is 54.8 Å². The molecule has 0 bridgehead atoms. The molecule has 0 aromatic heterocycles. The van der Waals surface area contributed by atoms with Crippen molar-refractivity contribution in [3.8, 4) is 0 Å². The fourth-order valence-corrected chi connectivity index (χ4v) is 4.20. The highest BCUT2D eigenvalue weighted by Gasteiger charge is 2.27. The summed E-state index contributed by atoms with van der Waals surface area (Å²) in [6.07, 6.45) is 0.919. The zero-order chi connectivity index (χ0) is 21.8. The van der Waals surface area contributed by atoms with Gasteiger partial charge in [0.2, 0.25) is 0 Å². The first-order valence-corrected chi connectivity index (χ1v) is 10.8. The number of nitrogens with zero attached hydrogens (tertiary/aromatic N) is 2. The number of amides is 1. The van der Waals surface area contributed by atoms with Crippen LogP contribution in [0.2, 0.25) is 0 Å². The van der Waals surface area contributed by atoms with E-state index in [1.165, 1.54) is 13.0 Å². The lowest BCUT2D eigenvalue weighted by molar-refractivity contribution is -0.117. The number of benzene rings is 1.